The van der Waals surface area contributed by atoms with Gasteiger partial charge in [-0.3, -0.25) is 14.6 Å². The molecule has 0 saturated heterocycles. The van der Waals surface area contributed by atoms with Crippen molar-refractivity contribution in [2.75, 3.05) is 19.7 Å². The average Bonchev–Trinajstić information content (AvgIpc) is 2.42. The molecule has 0 spiro atoms. The Bertz CT molecular complexity index is 395. The summed E-state index contributed by atoms with van der Waals surface area (Å²) in [7, 11) is 0. The van der Waals surface area contributed by atoms with Crippen molar-refractivity contribution < 1.29 is 14.7 Å². The molecule has 0 unspecified atom stereocenters. The predicted octanol–water partition coefficient (Wildman–Crippen LogP) is -0.461. The minimum atomic E-state index is -0.665. The molecule has 2 amide bonds. The van der Waals surface area contributed by atoms with E-state index in [2.05, 4.69) is 10.3 Å². The molecule has 1 heterocycles. The van der Waals surface area contributed by atoms with Crippen LogP contribution in [-0.2, 0) is 16.1 Å². The zero-order valence-electron chi connectivity index (χ0n) is 10.3. The van der Waals surface area contributed by atoms with Crippen LogP contribution in [0.1, 0.15) is 12.5 Å². The fourth-order valence-corrected chi connectivity index (χ4v) is 1.43. The van der Waals surface area contributed by atoms with Crippen molar-refractivity contribution in [3.05, 3.63) is 30.1 Å². The first-order chi connectivity index (χ1) is 8.69. The Hall–Kier alpha value is -1.95. The number of likely N-dealkylation sites (N-methyl/N-ethyl adjacent to an activating group) is 1. The maximum absolute atomic E-state index is 11.7. The lowest BCUT2D eigenvalue weighted by atomic mass is 10.2. The lowest BCUT2D eigenvalue weighted by Crippen LogP contribution is -2.43. The average molecular weight is 251 g/mol. The molecular weight excluding hydrogens is 234 g/mol. The molecular formula is C12H17N3O3. The van der Waals surface area contributed by atoms with Gasteiger partial charge in [0, 0.05) is 32.0 Å². The number of aliphatic hydroxyl groups excluding tert-OH is 1. The first-order valence-corrected chi connectivity index (χ1v) is 5.76. The highest BCUT2D eigenvalue weighted by molar-refractivity contribution is 6.34. The highest BCUT2D eigenvalue weighted by Crippen LogP contribution is 1.96. The Balaban J connectivity index is 2.47. The number of pyridine rings is 1. The third-order valence-electron chi connectivity index (χ3n) is 2.44. The number of nitrogens with one attached hydrogen (secondary N) is 1. The van der Waals surface area contributed by atoms with Crippen LogP contribution in [0.3, 0.4) is 0 Å². The van der Waals surface area contributed by atoms with Gasteiger partial charge in [0.25, 0.3) is 0 Å². The van der Waals surface area contributed by atoms with Crippen molar-refractivity contribution in [3.8, 4) is 0 Å². The number of hydrogen-bond acceptors (Lipinski definition) is 4. The third kappa shape index (κ3) is 4.14. The number of amides is 2. The van der Waals surface area contributed by atoms with Crippen LogP contribution in [0.15, 0.2) is 24.5 Å². The van der Waals surface area contributed by atoms with Crippen LogP contribution in [0.4, 0.5) is 0 Å². The Morgan fingerprint density at radius 2 is 2.06 bits per heavy atom. The van der Waals surface area contributed by atoms with Gasteiger partial charge in [0.15, 0.2) is 0 Å². The molecule has 98 valence electrons. The summed E-state index contributed by atoms with van der Waals surface area (Å²) in [5, 5.41) is 11.3. The third-order valence-corrected chi connectivity index (χ3v) is 2.44. The van der Waals surface area contributed by atoms with E-state index in [1.54, 1.807) is 31.5 Å². The van der Waals surface area contributed by atoms with Crippen molar-refractivity contribution in [1.29, 1.82) is 0 Å². The molecule has 1 aromatic rings. The second-order valence-corrected chi connectivity index (χ2v) is 3.65. The maximum Gasteiger partial charge on any atom is 0.311 e. The topological polar surface area (TPSA) is 82.5 Å². The van der Waals surface area contributed by atoms with E-state index in [1.807, 2.05) is 0 Å². The highest BCUT2D eigenvalue weighted by atomic mass is 16.3. The molecule has 2 N–H and O–H groups in total. The van der Waals surface area contributed by atoms with E-state index in [0.717, 1.165) is 5.56 Å². The molecule has 18 heavy (non-hydrogen) atoms. The summed E-state index contributed by atoms with van der Waals surface area (Å²) in [4.78, 5) is 28.4. The molecule has 1 rings (SSSR count). The Morgan fingerprint density at radius 1 is 1.39 bits per heavy atom. The van der Waals surface area contributed by atoms with E-state index in [9.17, 15) is 9.59 Å². The highest BCUT2D eigenvalue weighted by Gasteiger charge is 2.19. The van der Waals surface area contributed by atoms with Crippen LogP contribution in [0.5, 0.6) is 0 Å². The Kier molecular flexibility index (Phi) is 5.79. The molecule has 0 aliphatic rings. The van der Waals surface area contributed by atoms with Gasteiger partial charge in [0.05, 0.1) is 6.61 Å². The summed E-state index contributed by atoms with van der Waals surface area (Å²) in [5.41, 5.74) is 0.872. The minimum Gasteiger partial charge on any atom is -0.395 e. The van der Waals surface area contributed by atoms with Gasteiger partial charge >= 0.3 is 11.8 Å². The number of aromatic nitrogens is 1. The zero-order valence-corrected chi connectivity index (χ0v) is 10.3. The fourth-order valence-electron chi connectivity index (χ4n) is 1.43. The second kappa shape index (κ2) is 7.39. The zero-order chi connectivity index (χ0) is 13.4. The van der Waals surface area contributed by atoms with E-state index >= 15 is 0 Å². The molecule has 0 aromatic carbocycles. The summed E-state index contributed by atoms with van der Waals surface area (Å²) in [6, 6.07) is 3.52. The van der Waals surface area contributed by atoms with E-state index in [1.165, 1.54) is 4.90 Å². The lowest BCUT2D eigenvalue weighted by molar-refractivity contribution is -0.146. The Labute approximate surface area is 106 Å². The van der Waals surface area contributed by atoms with Crippen LogP contribution in [0.25, 0.3) is 0 Å². The standard InChI is InChI=1S/C12H17N3O3/c1-2-15(7-8-16)12(18)11(17)14-9-10-3-5-13-6-4-10/h3-6,16H,2,7-9H2,1H3,(H,14,17). The van der Waals surface area contributed by atoms with E-state index < -0.39 is 11.8 Å². The van der Waals surface area contributed by atoms with Crippen molar-refractivity contribution in [3.63, 3.8) is 0 Å². The van der Waals surface area contributed by atoms with Crippen LogP contribution in [0, 0.1) is 0 Å². The maximum atomic E-state index is 11.7. The number of rotatable bonds is 5. The number of aliphatic hydroxyl groups is 1. The van der Waals surface area contributed by atoms with Crippen molar-refractivity contribution in [2.45, 2.75) is 13.5 Å². The molecule has 0 aliphatic carbocycles. The van der Waals surface area contributed by atoms with Gasteiger partial charge in [-0.2, -0.15) is 0 Å². The normalized spacial score (nSPS) is 9.89. The summed E-state index contributed by atoms with van der Waals surface area (Å²) in [6.07, 6.45) is 3.24. The van der Waals surface area contributed by atoms with Crippen LogP contribution >= 0.6 is 0 Å². The molecule has 0 aliphatic heterocycles. The molecule has 0 bridgehead atoms. The molecule has 0 radical (unpaired) electrons. The monoisotopic (exact) mass is 251 g/mol. The SMILES string of the molecule is CCN(CCO)C(=O)C(=O)NCc1ccncc1. The molecule has 1 aromatic heterocycles. The van der Waals surface area contributed by atoms with Crippen LogP contribution < -0.4 is 5.32 Å². The van der Waals surface area contributed by atoms with Gasteiger partial charge in [-0.1, -0.05) is 0 Å². The molecule has 0 atom stereocenters. The Morgan fingerprint density at radius 3 is 2.61 bits per heavy atom. The van der Waals surface area contributed by atoms with Crippen LogP contribution in [0.2, 0.25) is 0 Å². The van der Waals surface area contributed by atoms with Crippen molar-refractivity contribution >= 4 is 11.8 Å². The van der Waals surface area contributed by atoms with Crippen LogP contribution in [-0.4, -0.2) is 46.5 Å². The van der Waals surface area contributed by atoms with Crippen molar-refractivity contribution in [1.82, 2.24) is 15.2 Å². The molecule has 6 nitrogen and oxygen atoms in total. The van der Waals surface area contributed by atoms with Gasteiger partial charge in [-0.05, 0) is 24.6 Å². The molecule has 6 heteroatoms. The fraction of sp³-hybridized carbons (Fsp3) is 0.417. The summed E-state index contributed by atoms with van der Waals surface area (Å²) >= 11 is 0. The van der Waals surface area contributed by atoms with Gasteiger partial charge in [0.1, 0.15) is 0 Å². The molecule has 0 saturated carbocycles. The van der Waals surface area contributed by atoms with E-state index in [4.69, 9.17) is 5.11 Å². The van der Waals surface area contributed by atoms with Gasteiger partial charge in [-0.25, -0.2) is 0 Å². The van der Waals surface area contributed by atoms with Gasteiger partial charge < -0.3 is 15.3 Å². The number of nitrogens with zero attached hydrogens (tertiary/aromatic N) is 2. The predicted molar refractivity (Wildman–Crippen MR) is 65.4 cm³/mol. The lowest BCUT2D eigenvalue weighted by Gasteiger charge is -2.18. The van der Waals surface area contributed by atoms with E-state index in [-0.39, 0.29) is 19.7 Å². The van der Waals surface area contributed by atoms with Crippen molar-refractivity contribution in [2.24, 2.45) is 0 Å². The molecule has 0 fully saturated rings. The first kappa shape index (κ1) is 14.1. The second-order valence-electron chi connectivity index (χ2n) is 3.65. The van der Waals surface area contributed by atoms with E-state index in [0.29, 0.717) is 6.54 Å². The smallest absolute Gasteiger partial charge is 0.311 e. The van der Waals surface area contributed by atoms with Gasteiger partial charge in [0.2, 0.25) is 0 Å². The largest absolute Gasteiger partial charge is 0.395 e. The number of carbonyl (C=O) groups excluding carboxylic acids is 2. The first-order valence-electron chi connectivity index (χ1n) is 5.76. The summed E-state index contributed by atoms with van der Waals surface area (Å²) in [5.74, 6) is -1.29. The summed E-state index contributed by atoms with van der Waals surface area (Å²) in [6.45, 7) is 2.44. The number of carbonyl (C=O) groups is 2. The minimum absolute atomic E-state index is 0.156. The summed E-state index contributed by atoms with van der Waals surface area (Å²) < 4.78 is 0. The quantitative estimate of drug-likeness (QED) is 0.694. The number of hydrogen-bond donors (Lipinski definition) is 2. The van der Waals surface area contributed by atoms with Gasteiger partial charge in [-0.15, -0.1) is 0 Å².